The molecule has 0 saturated heterocycles. The minimum Gasteiger partial charge on any atom is -0.467 e. The highest BCUT2D eigenvalue weighted by molar-refractivity contribution is 6.28. The van der Waals surface area contributed by atoms with E-state index in [-0.39, 0.29) is 17.2 Å². The molecule has 96 valence electrons. The number of aliphatic hydroxyl groups excluding tert-OH is 1. The first-order valence-corrected chi connectivity index (χ1v) is 4.65. The van der Waals surface area contributed by atoms with Gasteiger partial charge in [-0.15, -0.1) is 0 Å². The Hall–Kier alpha value is -1.35. The fourth-order valence-electron chi connectivity index (χ4n) is 0.806. The summed E-state index contributed by atoms with van der Waals surface area (Å²) in [6, 6.07) is -0.144. The number of nitrogens with one attached hydrogen (secondary N) is 1. The molecule has 1 unspecified atom stereocenters. The summed E-state index contributed by atoms with van der Waals surface area (Å²) >= 11 is 5.47. The molecule has 1 rings (SSSR count). The molecule has 0 radical (unpaired) electrons. The second kappa shape index (κ2) is 5.32. The molecule has 0 amide bonds. The largest absolute Gasteiger partial charge is 0.467 e. The number of nitrogens with zero attached hydrogens (tertiary/aromatic N) is 3. The molecule has 0 aliphatic carbocycles. The highest BCUT2D eigenvalue weighted by Crippen LogP contribution is 2.20. The Morgan fingerprint density at radius 3 is 2.59 bits per heavy atom. The zero-order valence-corrected chi connectivity index (χ0v) is 9.25. The quantitative estimate of drug-likeness (QED) is 0.846. The predicted octanol–water partition coefficient (Wildman–Crippen LogP) is 0.869. The van der Waals surface area contributed by atoms with Crippen molar-refractivity contribution in [2.75, 3.05) is 19.0 Å². The van der Waals surface area contributed by atoms with Crippen molar-refractivity contribution in [3.63, 3.8) is 0 Å². The number of halogens is 4. The van der Waals surface area contributed by atoms with Crippen molar-refractivity contribution in [1.29, 1.82) is 0 Å². The van der Waals surface area contributed by atoms with E-state index < -0.39 is 18.8 Å². The number of aliphatic hydroxyl groups is 1. The maximum Gasteiger partial charge on any atom is 0.416 e. The predicted molar refractivity (Wildman–Crippen MR) is 51.9 cm³/mol. The monoisotopic (exact) mass is 272 g/mol. The Kier molecular flexibility index (Phi) is 4.29. The summed E-state index contributed by atoms with van der Waals surface area (Å²) in [5, 5.41) is 10.7. The Morgan fingerprint density at radius 2 is 2.06 bits per heavy atom. The third kappa shape index (κ3) is 4.19. The summed E-state index contributed by atoms with van der Waals surface area (Å²) in [4.78, 5) is 10.6. The van der Waals surface area contributed by atoms with Crippen LogP contribution in [0.25, 0.3) is 0 Å². The molecular formula is C7H8ClF3N4O2. The van der Waals surface area contributed by atoms with Crippen LogP contribution in [0, 0.1) is 0 Å². The number of hydrogen-bond acceptors (Lipinski definition) is 6. The van der Waals surface area contributed by atoms with Crippen LogP contribution in [0.2, 0.25) is 5.28 Å². The first-order chi connectivity index (χ1) is 7.82. The zero-order chi connectivity index (χ0) is 13.1. The van der Waals surface area contributed by atoms with Gasteiger partial charge in [-0.25, -0.2) is 0 Å². The summed E-state index contributed by atoms with van der Waals surface area (Å²) in [7, 11) is 1.26. The van der Waals surface area contributed by atoms with Crippen LogP contribution in [0.5, 0.6) is 6.01 Å². The van der Waals surface area contributed by atoms with E-state index in [1.54, 1.807) is 0 Å². The molecule has 1 aromatic heterocycles. The van der Waals surface area contributed by atoms with Crippen LogP contribution in [-0.2, 0) is 0 Å². The van der Waals surface area contributed by atoms with Gasteiger partial charge in [-0.1, -0.05) is 0 Å². The summed E-state index contributed by atoms with van der Waals surface area (Å²) in [5.74, 6) is -0.217. The highest BCUT2D eigenvalue weighted by atomic mass is 35.5. The molecule has 1 aromatic rings. The van der Waals surface area contributed by atoms with E-state index in [0.29, 0.717) is 0 Å². The lowest BCUT2D eigenvalue weighted by Crippen LogP contribution is -2.35. The topological polar surface area (TPSA) is 80.2 Å². The van der Waals surface area contributed by atoms with Crippen molar-refractivity contribution in [3.05, 3.63) is 5.28 Å². The molecule has 0 fully saturated rings. The molecule has 1 heterocycles. The maximum atomic E-state index is 12.0. The normalized spacial score (nSPS) is 13.3. The van der Waals surface area contributed by atoms with Gasteiger partial charge in [0.15, 0.2) is 6.10 Å². The van der Waals surface area contributed by atoms with Crippen molar-refractivity contribution < 1.29 is 23.0 Å². The first kappa shape index (κ1) is 13.7. The third-order valence-electron chi connectivity index (χ3n) is 1.60. The van der Waals surface area contributed by atoms with Crippen molar-refractivity contribution in [2.45, 2.75) is 12.3 Å². The average molecular weight is 273 g/mol. The minimum absolute atomic E-state index is 0.144. The molecule has 10 heteroatoms. The molecule has 1 atom stereocenters. The van der Waals surface area contributed by atoms with Crippen LogP contribution in [0.1, 0.15) is 0 Å². The van der Waals surface area contributed by atoms with Crippen molar-refractivity contribution in [3.8, 4) is 6.01 Å². The van der Waals surface area contributed by atoms with Crippen molar-refractivity contribution in [2.24, 2.45) is 0 Å². The lowest BCUT2D eigenvalue weighted by Gasteiger charge is -2.14. The standard InChI is InChI=1S/C7H8ClF3N4O2/c1-17-6-14-4(8)13-5(15-6)12-2-3(16)7(9,10)11/h3,16H,2H2,1H3,(H,12,13,14,15). The van der Waals surface area contributed by atoms with E-state index in [9.17, 15) is 13.2 Å². The summed E-state index contributed by atoms with van der Waals surface area (Å²) in [5.41, 5.74) is 0. The van der Waals surface area contributed by atoms with Gasteiger partial charge in [-0.2, -0.15) is 28.1 Å². The van der Waals surface area contributed by atoms with Crippen molar-refractivity contribution in [1.82, 2.24) is 15.0 Å². The van der Waals surface area contributed by atoms with E-state index in [4.69, 9.17) is 16.7 Å². The fraction of sp³-hybridized carbons (Fsp3) is 0.571. The number of ether oxygens (including phenoxy) is 1. The average Bonchev–Trinajstić information content (AvgIpc) is 2.23. The number of methoxy groups -OCH3 is 1. The maximum absolute atomic E-state index is 12.0. The van der Waals surface area contributed by atoms with Crippen molar-refractivity contribution >= 4 is 17.5 Å². The second-order valence-electron chi connectivity index (χ2n) is 2.85. The van der Waals surface area contributed by atoms with E-state index in [1.807, 2.05) is 0 Å². The molecule has 0 aliphatic heterocycles. The van der Waals surface area contributed by atoms with E-state index in [0.717, 1.165) is 0 Å². The van der Waals surface area contributed by atoms with Gasteiger partial charge in [0.05, 0.1) is 13.7 Å². The minimum atomic E-state index is -4.71. The zero-order valence-electron chi connectivity index (χ0n) is 8.49. The van der Waals surface area contributed by atoms with Gasteiger partial charge in [-0.05, 0) is 11.6 Å². The number of hydrogen-bond donors (Lipinski definition) is 2. The number of rotatable bonds is 4. The number of aromatic nitrogens is 3. The Bertz CT molecular complexity index is 390. The fourth-order valence-corrected chi connectivity index (χ4v) is 0.958. The molecule has 0 aliphatic rings. The summed E-state index contributed by atoms with van der Waals surface area (Å²) < 4.78 is 40.6. The van der Waals surface area contributed by atoms with Crippen LogP contribution in [0.4, 0.5) is 19.1 Å². The summed E-state index contributed by atoms with van der Waals surface area (Å²) in [6.07, 6.45) is -7.24. The third-order valence-corrected chi connectivity index (χ3v) is 1.77. The van der Waals surface area contributed by atoms with Gasteiger partial charge in [0, 0.05) is 0 Å². The second-order valence-corrected chi connectivity index (χ2v) is 3.19. The Labute approximate surface area is 98.8 Å². The van der Waals surface area contributed by atoms with Gasteiger partial charge in [-0.3, -0.25) is 0 Å². The first-order valence-electron chi connectivity index (χ1n) is 4.27. The molecule has 6 nitrogen and oxygen atoms in total. The lowest BCUT2D eigenvalue weighted by atomic mass is 10.3. The number of alkyl halides is 3. The van der Waals surface area contributed by atoms with E-state index >= 15 is 0 Å². The van der Waals surface area contributed by atoms with Gasteiger partial charge < -0.3 is 15.2 Å². The van der Waals surface area contributed by atoms with Gasteiger partial charge >= 0.3 is 12.2 Å². The SMILES string of the molecule is COc1nc(Cl)nc(NCC(O)C(F)(F)F)n1. The van der Waals surface area contributed by atoms with Gasteiger partial charge in [0.2, 0.25) is 11.2 Å². The van der Waals surface area contributed by atoms with Crippen LogP contribution >= 0.6 is 11.6 Å². The van der Waals surface area contributed by atoms with Gasteiger partial charge in [0.25, 0.3) is 0 Å². The molecule has 0 bridgehead atoms. The highest BCUT2D eigenvalue weighted by Gasteiger charge is 2.38. The smallest absolute Gasteiger partial charge is 0.416 e. The van der Waals surface area contributed by atoms with Gasteiger partial charge in [0.1, 0.15) is 0 Å². The Balaban J connectivity index is 2.66. The van der Waals surface area contributed by atoms with E-state index in [2.05, 4.69) is 25.0 Å². The Morgan fingerprint density at radius 1 is 1.41 bits per heavy atom. The van der Waals surface area contributed by atoms with Crippen LogP contribution in [0.3, 0.4) is 0 Å². The molecule has 0 spiro atoms. The van der Waals surface area contributed by atoms with Crippen LogP contribution in [-0.4, -0.2) is 46.0 Å². The lowest BCUT2D eigenvalue weighted by molar-refractivity contribution is -0.198. The molecule has 0 saturated carbocycles. The molecule has 0 aromatic carbocycles. The van der Waals surface area contributed by atoms with E-state index in [1.165, 1.54) is 7.11 Å². The molecular weight excluding hydrogens is 265 g/mol. The molecule has 17 heavy (non-hydrogen) atoms. The number of anilines is 1. The van der Waals surface area contributed by atoms with Crippen LogP contribution in [0.15, 0.2) is 0 Å². The molecule has 2 N–H and O–H groups in total. The van der Waals surface area contributed by atoms with Crippen LogP contribution < -0.4 is 10.1 Å². The summed E-state index contributed by atoms with van der Waals surface area (Å²) in [6.45, 7) is -0.799.